The van der Waals surface area contributed by atoms with E-state index in [0.29, 0.717) is 11.5 Å². The summed E-state index contributed by atoms with van der Waals surface area (Å²) in [6.45, 7) is 4.09. The Labute approximate surface area is 113 Å². The van der Waals surface area contributed by atoms with Crippen LogP contribution in [0.2, 0.25) is 0 Å². The van der Waals surface area contributed by atoms with E-state index in [-0.39, 0.29) is 0 Å². The Morgan fingerprint density at radius 2 is 2.47 bits per heavy atom. The summed E-state index contributed by atoms with van der Waals surface area (Å²) in [7, 11) is 0. The number of nitrogens with one attached hydrogen (secondary N) is 1. The van der Waals surface area contributed by atoms with Crippen molar-refractivity contribution in [2.75, 3.05) is 38.3 Å². The minimum atomic E-state index is 0.577. The van der Waals surface area contributed by atoms with Gasteiger partial charge < -0.3 is 14.8 Å². The van der Waals surface area contributed by atoms with Gasteiger partial charge in [-0.1, -0.05) is 0 Å². The molecular weight excluding hydrogens is 242 g/mol. The Morgan fingerprint density at radius 3 is 3.16 bits per heavy atom. The van der Waals surface area contributed by atoms with E-state index in [4.69, 9.17) is 14.7 Å². The van der Waals surface area contributed by atoms with Crippen LogP contribution in [0, 0.1) is 17.2 Å². The van der Waals surface area contributed by atoms with Crippen LogP contribution in [-0.2, 0) is 9.47 Å². The van der Waals surface area contributed by atoms with Crippen molar-refractivity contribution in [1.29, 1.82) is 5.26 Å². The van der Waals surface area contributed by atoms with E-state index in [0.717, 1.165) is 51.6 Å². The summed E-state index contributed by atoms with van der Waals surface area (Å²) in [5.74, 6) is 1.37. The fourth-order valence-corrected chi connectivity index (χ4v) is 1.92. The molecule has 1 aliphatic heterocycles. The molecule has 1 atom stereocenters. The van der Waals surface area contributed by atoms with E-state index >= 15 is 0 Å². The number of aromatic nitrogens is 1. The Bertz CT molecular complexity index is 408. The molecule has 2 rings (SSSR count). The van der Waals surface area contributed by atoms with Crippen LogP contribution in [-0.4, -0.2) is 38.0 Å². The van der Waals surface area contributed by atoms with Crippen molar-refractivity contribution in [3.63, 3.8) is 0 Å². The molecule has 19 heavy (non-hydrogen) atoms. The van der Waals surface area contributed by atoms with Crippen molar-refractivity contribution in [2.45, 2.75) is 12.8 Å². The van der Waals surface area contributed by atoms with Crippen LogP contribution < -0.4 is 5.32 Å². The number of hydrogen-bond acceptors (Lipinski definition) is 5. The number of rotatable bonds is 7. The zero-order valence-corrected chi connectivity index (χ0v) is 11.0. The largest absolute Gasteiger partial charge is 0.381 e. The molecule has 1 aromatic heterocycles. The van der Waals surface area contributed by atoms with Gasteiger partial charge in [-0.15, -0.1) is 0 Å². The smallest absolute Gasteiger partial charge is 0.125 e. The predicted octanol–water partition coefficient (Wildman–Crippen LogP) is 1.81. The topological polar surface area (TPSA) is 67.2 Å². The van der Waals surface area contributed by atoms with Crippen molar-refractivity contribution in [1.82, 2.24) is 4.98 Å². The molecular formula is C14H19N3O2. The minimum absolute atomic E-state index is 0.577. The van der Waals surface area contributed by atoms with Crippen LogP contribution >= 0.6 is 0 Å². The fourth-order valence-electron chi connectivity index (χ4n) is 1.92. The molecule has 5 heteroatoms. The van der Waals surface area contributed by atoms with E-state index < -0.39 is 0 Å². The number of pyridine rings is 1. The Morgan fingerprint density at radius 1 is 1.53 bits per heavy atom. The lowest BCUT2D eigenvalue weighted by molar-refractivity contribution is 0.0897. The monoisotopic (exact) mass is 261 g/mol. The number of hydrogen-bond donors (Lipinski definition) is 1. The molecule has 1 aliphatic rings. The normalized spacial score (nSPS) is 18.2. The first-order valence-electron chi connectivity index (χ1n) is 6.64. The standard InChI is InChI=1S/C14H19N3O2/c15-8-12-2-3-14(17-9-12)16-5-1-6-18-10-13-4-7-19-11-13/h2-3,9,13H,1,4-7,10-11H2,(H,16,17). The molecule has 0 aromatic carbocycles. The lowest BCUT2D eigenvalue weighted by Crippen LogP contribution is -2.12. The molecule has 1 fully saturated rings. The molecule has 1 N–H and O–H groups in total. The molecule has 0 spiro atoms. The molecule has 0 radical (unpaired) electrons. The molecule has 0 aliphatic carbocycles. The van der Waals surface area contributed by atoms with Gasteiger partial charge in [0.1, 0.15) is 11.9 Å². The lowest BCUT2D eigenvalue weighted by Gasteiger charge is -2.09. The van der Waals surface area contributed by atoms with Gasteiger partial charge in [0.25, 0.3) is 0 Å². The zero-order valence-electron chi connectivity index (χ0n) is 11.0. The average Bonchev–Trinajstić information content (AvgIpc) is 2.96. The highest BCUT2D eigenvalue weighted by Gasteiger charge is 2.14. The summed E-state index contributed by atoms with van der Waals surface area (Å²) in [6, 6.07) is 5.61. The van der Waals surface area contributed by atoms with Gasteiger partial charge in [-0.25, -0.2) is 4.98 Å². The van der Waals surface area contributed by atoms with E-state index in [2.05, 4.69) is 10.3 Å². The van der Waals surface area contributed by atoms with Gasteiger partial charge in [-0.3, -0.25) is 0 Å². The lowest BCUT2D eigenvalue weighted by atomic mass is 10.1. The molecule has 1 saturated heterocycles. The highest BCUT2D eigenvalue weighted by Crippen LogP contribution is 2.12. The van der Waals surface area contributed by atoms with E-state index in [1.165, 1.54) is 0 Å². The summed E-state index contributed by atoms with van der Waals surface area (Å²) >= 11 is 0. The van der Waals surface area contributed by atoms with Gasteiger partial charge in [0, 0.05) is 31.9 Å². The van der Waals surface area contributed by atoms with Gasteiger partial charge in [-0.2, -0.15) is 5.26 Å². The Hall–Kier alpha value is -1.64. The van der Waals surface area contributed by atoms with Gasteiger partial charge in [0.15, 0.2) is 0 Å². The van der Waals surface area contributed by atoms with Crippen LogP contribution in [0.3, 0.4) is 0 Å². The van der Waals surface area contributed by atoms with Crippen LogP contribution in [0.25, 0.3) is 0 Å². The second kappa shape index (κ2) is 7.72. The molecule has 1 unspecified atom stereocenters. The van der Waals surface area contributed by atoms with Crippen LogP contribution in [0.15, 0.2) is 18.3 Å². The quantitative estimate of drug-likeness (QED) is 0.758. The molecule has 5 nitrogen and oxygen atoms in total. The summed E-state index contributed by atoms with van der Waals surface area (Å²) in [6.07, 6.45) is 3.63. The number of ether oxygens (including phenoxy) is 2. The maximum atomic E-state index is 8.66. The van der Waals surface area contributed by atoms with Gasteiger partial charge in [-0.05, 0) is 25.0 Å². The molecule has 0 saturated carbocycles. The number of nitrogens with zero attached hydrogens (tertiary/aromatic N) is 2. The van der Waals surface area contributed by atoms with Crippen LogP contribution in [0.5, 0.6) is 0 Å². The highest BCUT2D eigenvalue weighted by molar-refractivity contribution is 5.38. The maximum Gasteiger partial charge on any atom is 0.125 e. The van der Waals surface area contributed by atoms with Gasteiger partial charge in [0.2, 0.25) is 0 Å². The van der Waals surface area contributed by atoms with Crippen LogP contribution in [0.1, 0.15) is 18.4 Å². The molecule has 1 aromatic rings. The van der Waals surface area contributed by atoms with E-state index in [1.54, 1.807) is 12.3 Å². The van der Waals surface area contributed by atoms with E-state index in [1.807, 2.05) is 12.1 Å². The molecule has 2 heterocycles. The summed E-state index contributed by atoms with van der Waals surface area (Å²) in [5, 5.41) is 11.9. The SMILES string of the molecule is N#Cc1ccc(NCCCOCC2CCOC2)nc1. The first kappa shape index (κ1) is 13.8. The average molecular weight is 261 g/mol. The third kappa shape index (κ3) is 4.86. The molecule has 0 amide bonds. The Balaban J connectivity index is 1.52. The minimum Gasteiger partial charge on any atom is -0.381 e. The van der Waals surface area contributed by atoms with Crippen molar-refractivity contribution >= 4 is 5.82 Å². The molecule has 102 valence electrons. The zero-order chi connectivity index (χ0) is 13.3. The summed E-state index contributed by atoms with van der Waals surface area (Å²) in [5.41, 5.74) is 0.577. The second-order valence-electron chi connectivity index (χ2n) is 4.63. The Kier molecular flexibility index (Phi) is 5.60. The summed E-state index contributed by atoms with van der Waals surface area (Å²) < 4.78 is 10.9. The first-order valence-corrected chi connectivity index (χ1v) is 6.64. The van der Waals surface area contributed by atoms with E-state index in [9.17, 15) is 0 Å². The maximum absolute atomic E-state index is 8.66. The third-order valence-electron chi connectivity index (χ3n) is 3.04. The number of nitriles is 1. The highest BCUT2D eigenvalue weighted by atomic mass is 16.5. The second-order valence-corrected chi connectivity index (χ2v) is 4.63. The predicted molar refractivity (Wildman–Crippen MR) is 71.8 cm³/mol. The van der Waals surface area contributed by atoms with Gasteiger partial charge >= 0.3 is 0 Å². The third-order valence-corrected chi connectivity index (χ3v) is 3.04. The van der Waals surface area contributed by atoms with Crippen molar-refractivity contribution in [3.05, 3.63) is 23.9 Å². The van der Waals surface area contributed by atoms with Gasteiger partial charge in [0.05, 0.1) is 18.8 Å². The van der Waals surface area contributed by atoms with Crippen molar-refractivity contribution in [2.24, 2.45) is 5.92 Å². The summed E-state index contributed by atoms with van der Waals surface area (Å²) in [4.78, 5) is 4.14. The fraction of sp³-hybridized carbons (Fsp3) is 0.571. The van der Waals surface area contributed by atoms with Crippen LogP contribution in [0.4, 0.5) is 5.82 Å². The first-order chi connectivity index (χ1) is 9.38. The number of anilines is 1. The molecule has 0 bridgehead atoms. The van der Waals surface area contributed by atoms with Crippen molar-refractivity contribution < 1.29 is 9.47 Å². The van der Waals surface area contributed by atoms with Crippen molar-refractivity contribution in [3.8, 4) is 6.07 Å².